The largest absolute Gasteiger partial charge is 0.444 e. The van der Waals surface area contributed by atoms with Gasteiger partial charge in [0.25, 0.3) is 6.43 Å². The number of benzene rings is 1. The van der Waals surface area contributed by atoms with Gasteiger partial charge in [-0.05, 0) is 50.6 Å². The number of pyridine rings is 1. The average molecular weight is 496 g/mol. The minimum absolute atomic E-state index is 0.0185. The summed E-state index contributed by atoms with van der Waals surface area (Å²) in [6.07, 6.45) is -7.11. The van der Waals surface area contributed by atoms with E-state index in [-0.39, 0.29) is 29.1 Å². The van der Waals surface area contributed by atoms with Crippen LogP contribution >= 0.6 is 0 Å². The van der Waals surface area contributed by atoms with Gasteiger partial charge in [-0.2, -0.15) is 18.2 Å². The third-order valence-electron chi connectivity index (χ3n) is 4.56. The summed E-state index contributed by atoms with van der Waals surface area (Å²) in [4.78, 5) is 33.9. The third kappa shape index (κ3) is 6.84. The number of hydrogen-bond acceptors (Lipinski definition) is 5. The monoisotopic (exact) mass is 496 g/mol. The van der Waals surface area contributed by atoms with Crippen LogP contribution in [0, 0.1) is 0 Å². The summed E-state index contributed by atoms with van der Waals surface area (Å²) in [6.45, 7) is 4.94. The van der Waals surface area contributed by atoms with Crippen molar-refractivity contribution in [1.82, 2.24) is 20.3 Å². The van der Waals surface area contributed by atoms with Gasteiger partial charge in [0.2, 0.25) is 0 Å². The van der Waals surface area contributed by atoms with Crippen LogP contribution in [0.3, 0.4) is 0 Å². The predicted octanol–water partition coefficient (Wildman–Crippen LogP) is 5.48. The number of ether oxygens (including phenoxy) is 1. The van der Waals surface area contributed by atoms with Crippen LogP contribution in [0.1, 0.15) is 44.0 Å². The molecule has 2 heterocycles. The van der Waals surface area contributed by atoms with Crippen LogP contribution in [0.4, 0.5) is 26.7 Å². The summed E-state index contributed by atoms with van der Waals surface area (Å²) >= 11 is 0. The Morgan fingerprint density at radius 3 is 2.34 bits per heavy atom. The number of rotatable bonds is 5. The SMILES string of the molecule is CC(C)(C)OC(=O)NCc1cnc(C(F)F)c(-c2cc(-c3ccc(C(F)(F)F)cc3)nc(=O)[nH]2)c1. The summed E-state index contributed by atoms with van der Waals surface area (Å²) in [5, 5.41) is 2.48. The fourth-order valence-corrected chi connectivity index (χ4v) is 3.07. The van der Waals surface area contributed by atoms with Gasteiger partial charge in [0, 0.05) is 23.9 Å². The Labute approximate surface area is 196 Å². The van der Waals surface area contributed by atoms with Crippen molar-refractivity contribution in [2.75, 3.05) is 0 Å². The van der Waals surface area contributed by atoms with Crippen molar-refractivity contribution in [3.63, 3.8) is 0 Å². The summed E-state index contributed by atoms with van der Waals surface area (Å²) in [5.74, 6) is 0. The molecule has 0 aliphatic heterocycles. The maximum absolute atomic E-state index is 13.7. The molecule has 1 amide bonds. The second-order valence-electron chi connectivity index (χ2n) is 8.49. The van der Waals surface area contributed by atoms with Crippen LogP contribution in [0.25, 0.3) is 22.5 Å². The molecule has 0 aliphatic carbocycles. The number of carbonyl (C=O) groups is 1. The van der Waals surface area contributed by atoms with Crippen molar-refractivity contribution in [3.8, 4) is 22.5 Å². The molecule has 1 aromatic carbocycles. The highest BCUT2D eigenvalue weighted by molar-refractivity contribution is 5.70. The third-order valence-corrected chi connectivity index (χ3v) is 4.56. The standard InChI is InChI=1S/C23H21F5N4O3/c1-22(2,3)35-21(34)30-11-12-8-15(18(19(24)25)29-10-12)17-9-16(31-20(33)32-17)13-4-6-14(7-5-13)23(26,27)28/h4-10,19H,11H2,1-3H3,(H,30,34)(H,31,32,33). The Balaban J connectivity index is 1.97. The zero-order chi connectivity index (χ0) is 26.0. The number of amides is 1. The lowest BCUT2D eigenvalue weighted by Crippen LogP contribution is -2.32. The quantitative estimate of drug-likeness (QED) is 0.456. The Bertz CT molecular complexity index is 1270. The van der Waals surface area contributed by atoms with E-state index in [9.17, 15) is 31.5 Å². The molecule has 186 valence electrons. The second kappa shape index (κ2) is 9.80. The van der Waals surface area contributed by atoms with E-state index in [0.29, 0.717) is 5.56 Å². The van der Waals surface area contributed by atoms with Gasteiger partial charge in [-0.1, -0.05) is 12.1 Å². The number of alkyl halides is 5. The van der Waals surface area contributed by atoms with Gasteiger partial charge in [-0.3, -0.25) is 4.98 Å². The van der Waals surface area contributed by atoms with Gasteiger partial charge in [0.1, 0.15) is 11.3 Å². The molecular weight excluding hydrogens is 475 g/mol. The molecule has 7 nitrogen and oxygen atoms in total. The summed E-state index contributed by atoms with van der Waals surface area (Å²) < 4.78 is 71.0. The van der Waals surface area contributed by atoms with Gasteiger partial charge in [-0.15, -0.1) is 0 Å². The van der Waals surface area contributed by atoms with Gasteiger partial charge in [-0.25, -0.2) is 18.4 Å². The number of nitrogens with zero attached hydrogens (tertiary/aromatic N) is 2. The summed E-state index contributed by atoms with van der Waals surface area (Å²) in [7, 11) is 0. The molecule has 3 aromatic rings. The minimum atomic E-state index is -4.54. The van der Waals surface area contributed by atoms with E-state index in [0.717, 1.165) is 30.5 Å². The van der Waals surface area contributed by atoms with E-state index in [2.05, 4.69) is 20.3 Å². The Morgan fingerprint density at radius 2 is 1.77 bits per heavy atom. The normalized spacial score (nSPS) is 12.0. The molecule has 3 rings (SSSR count). The van der Waals surface area contributed by atoms with Gasteiger partial charge in [0.15, 0.2) is 0 Å². The molecule has 2 N–H and O–H groups in total. The fourth-order valence-electron chi connectivity index (χ4n) is 3.07. The van der Waals surface area contributed by atoms with E-state index in [4.69, 9.17) is 4.74 Å². The molecule has 0 saturated carbocycles. The van der Waals surface area contributed by atoms with Gasteiger partial charge >= 0.3 is 18.0 Å². The van der Waals surface area contributed by atoms with Crippen LogP contribution in [0.2, 0.25) is 0 Å². The smallest absolute Gasteiger partial charge is 0.416 e. The van der Waals surface area contributed by atoms with E-state index >= 15 is 0 Å². The topological polar surface area (TPSA) is 97.0 Å². The lowest BCUT2D eigenvalue weighted by Gasteiger charge is -2.19. The van der Waals surface area contributed by atoms with Crippen molar-refractivity contribution in [1.29, 1.82) is 0 Å². The maximum Gasteiger partial charge on any atom is 0.416 e. The molecule has 2 aromatic heterocycles. The lowest BCUT2D eigenvalue weighted by molar-refractivity contribution is -0.137. The Kier molecular flexibility index (Phi) is 7.22. The number of hydrogen-bond donors (Lipinski definition) is 2. The first-order valence-corrected chi connectivity index (χ1v) is 10.3. The zero-order valence-electron chi connectivity index (χ0n) is 18.8. The number of H-pyrrole nitrogens is 1. The van der Waals surface area contributed by atoms with Crippen LogP contribution in [0.15, 0.2) is 47.4 Å². The van der Waals surface area contributed by atoms with Crippen LogP contribution in [0.5, 0.6) is 0 Å². The van der Waals surface area contributed by atoms with Crippen molar-refractivity contribution in [2.24, 2.45) is 0 Å². The number of aromatic amines is 1. The highest BCUT2D eigenvalue weighted by atomic mass is 19.4. The molecule has 0 fully saturated rings. The van der Waals surface area contributed by atoms with Gasteiger partial charge < -0.3 is 15.0 Å². The van der Waals surface area contributed by atoms with Gasteiger partial charge in [0.05, 0.1) is 17.0 Å². The molecule has 0 unspecified atom stereocenters. The number of alkyl carbamates (subject to hydrolysis) is 1. The Hall–Kier alpha value is -3.83. The number of nitrogens with one attached hydrogen (secondary N) is 2. The number of aromatic nitrogens is 3. The first kappa shape index (κ1) is 25.8. The molecule has 12 heteroatoms. The highest BCUT2D eigenvalue weighted by Gasteiger charge is 2.30. The van der Waals surface area contributed by atoms with Crippen LogP contribution in [-0.2, 0) is 17.5 Å². The second-order valence-corrected chi connectivity index (χ2v) is 8.49. The zero-order valence-corrected chi connectivity index (χ0v) is 18.8. The van der Waals surface area contributed by atoms with Crippen molar-refractivity contribution in [3.05, 3.63) is 69.9 Å². The van der Waals surface area contributed by atoms with Crippen LogP contribution < -0.4 is 11.0 Å². The molecule has 0 aliphatic rings. The first-order chi connectivity index (χ1) is 16.2. The van der Waals surface area contributed by atoms with Crippen molar-refractivity contribution >= 4 is 6.09 Å². The predicted molar refractivity (Wildman–Crippen MR) is 117 cm³/mol. The lowest BCUT2D eigenvalue weighted by atomic mass is 10.0. The first-order valence-electron chi connectivity index (χ1n) is 10.3. The molecule has 0 bridgehead atoms. The molecular formula is C23H21F5N4O3. The van der Waals surface area contributed by atoms with E-state index < -0.39 is 41.2 Å². The van der Waals surface area contributed by atoms with E-state index in [1.54, 1.807) is 20.8 Å². The number of carbonyl (C=O) groups excluding carboxylic acids is 1. The maximum atomic E-state index is 13.7. The van der Waals surface area contributed by atoms with Crippen molar-refractivity contribution < 1.29 is 31.5 Å². The fraction of sp³-hybridized carbons (Fsp3) is 0.304. The molecule has 0 radical (unpaired) electrons. The number of halogens is 5. The molecule has 0 atom stereocenters. The van der Waals surface area contributed by atoms with E-state index in [1.165, 1.54) is 12.1 Å². The minimum Gasteiger partial charge on any atom is -0.444 e. The summed E-state index contributed by atoms with van der Waals surface area (Å²) in [6, 6.07) is 6.48. The van der Waals surface area contributed by atoms with Crippen LogP contribution in [-0.4, -0.2) is 26.6 Å². The Morgan fingerprint density at radius 1 is 1.11 bits per heavy atom. The molecule has 35 heavy (non-hydrogen) atoms. The molecule has 0 spiro atoms. The highest BCUT2D eigenvalue weighted by Crippen LogP contribution is 2.32. The van der Waals surface area contributed by atoms with E-state index in [1.807, 2.05) is 0 Å². The average Bonchev–Trinajstić information content (AvgIpc) is 2.75. The molecule has 0 saturated heterocycles. The van der Waals surface area contributed by atoms with Crippen molar-refractivity contribution in [2.45, 2.75) is 45.5 Å². The summed E-state index contributed by atoms with van der Waals surface area (Å²) in [5.41, 5.74) is -2.85.